The molecule has 7 nitrogen and oxygen atoms in total. The highest BCUT2D eigenvalue weighted by Gasteiger charge is 2.39. The molecule has 36 heavy (non-hydrogen) atoms. The van der Waals surface area contributed by atoms with E-state index in [1.54, 1.807) is 0 Å². The number of alkyl halides is 5. The number of halogens is 7. The Morgan fingerprint density at radius 3 is 2.64 bits per heavy atom. The summed E-state index contributed by atoms with van der Waals surface area (Å²) in [5.74, 6) is -7.18. The summed E-state index contributed by atoms with van der Waals surface area (Å²) in [5, 5.41) is 9.33. The number of anilines is 1. The number of benzene rings is 1. The Bertz CT molecular complexity index is 1170. The number of ether oxygens (including phenoxy) is 2. The quantitative estimate of drug-likeness (QED) is 0.222. The maximum Gasteiger partial charge on any atom is 0.432 e. The third-order valence-electron chi connectivity index (χ3n) is 4.98. The van der Waals surface area contributed by atoms with Crippen molar-refractivity contribution >= 4 is 17.3 Å². The highest BCUT2D eigenvalue weighted by Crippen LogP contribution is 2.40. The Balaban J connectivity index is 2.10. The van der Waals surface area contributed by atoms with Gasteiger partial charge in [0, 0.05) is 18.1 Å². The fourth-order valence-corrected chi connectivity index (χ4v) is 3.30. The molecule has 1 aromatic carbocycles. The Kier molecular flexibility index (Phi) is 7.96. The average molecular weight is 520 g/mol. The number of amides is 1. The zero-order valence-corrected chi connectivity index (χ0v) is 18.6. The molecular weight excluding hydrogens is 501 g/mol. The van der Waals surface area contributed by atoms with Gasteiger partial charge < -0.3 is 14.8 Å². The van der Waals surface area contributed by atoms with Crippen LogP contribution in [-0.4, -0.2) is 46.9 Å². The number of aromatic nitrogens is 2. The van der Waals surface area contributed by atoms with Crippen LogP contribution >= 0.6 is 0 Å². The van der Waals surface area contributed by atoms with Crippen molar-refractivity contribution in [2.45, 2.75) is 38.0 Å². The van der Waals surface area contributed by atoms with Crippen LogP contribution in [0, 0.1) is 17.0 Å². The lowest BCUT2D eigenvalue weighted by molar-refractivity contribution is -0.146. The van der Waals surface area contributed by atoms with E-state index in [4.69, 9.17) is 14.9 Å². The first kappa shape index (κ1) is 27.0. The fraction of sp³-hybridized carbons (Fsp3) is 0.364. The second-order valence-corrected chi connectivity index (χ2v) is 7.61. The van der Waals surface area contributed by atoms with Crippen LogP contribution in [0.25, 0.3) is 11.3 Å². The van der Waals surface area contributed by atoms with Crippen molar-refractivity contribution in [1.29, 1.82) is 5.41 Å². The molecule has 194 valence electrons. The molecule has 0 bridgehead atoms. The van der Waals surface area contributed by atoms with E-state index >= 15 is 0 Å². The average Bonchev–Trinajstić information content (AvgIpc) is 2.80. The lowest BCUT2D eigenvalue weighted by atomic mass is 10.00. The van der Waals surface area contributed by atoms with Crippen LogP contribution < -0.4 is 5.32 Å². The first-order chi connectivity index (χ1) is 16.8. The van der Waals surface area contributed by atoms with Crippen molar-refractivity contribution < 1.29 is 45.0 Å². The number of rotatable bonds is 7. The summed E-state index contributed by atoms with van der Waals surface area (Å²) in [7, 11) is 0. The molecule has 2 heterocycles. The van der Waals surface area contributed by atoms with Gasteiger partial charge >= 0.3 is 6.18 Å². The van der Waals surface area contributed by atoms with Gasteiger partial charge in [-0.2, -0.15) is 13.2 Å². The highest BCUT2D eigenvalue weighted by atomic mass is 19.4. The molecular formula is C22H19F7N4O3. The summed E-state index contributed by atoms with van der Waals surface area (Å²) in [6, 6.07) is 2.36. The van der Waals surface area contributed by atoms with Gasteiger partial charge in [-0.05, 0) is 31.5 Å². The SMILES string of the molecule is CCO/C(=C\C(=N)C(F)(F)F)C(=O)Nc1c(-c2cc(F)ccc2F)ncnc1C1CCC(F)(F)CO1. The number of hydrogen-bond donors (Lipinski definition) is 2. The van der Waals surface area contributed by atoms with Crippen LogP contribution in [0.5, 0.6) is 0 Å². The number of hydrogen-bond acceptors (Lipinski definition) is 6. The summed E-state index contributed by atoms with van der Waals surface area (Å²) in [6.07, 6.45) is -6.04. The van der Waals surface area contributed by atoms with Crippen molar-refractivity contribution in [2.75, 3.05) is 18.5 Å². The Morgan fingerprint density at radius 2 is 2.03 bits per heavy atom. The molecule has 1 saturated heterocycles. The first-order valence-corrected chi connectivity index (χ1v) is 10.4. The molecule has 2 N–H and O–H groups in total. The monoisotopic (exact) mass is 520 g/mol. The second kappa shape index (κ2) is 10.6. The third-order valence-corrected chi connectivity index (χ3v) is 4.98. The van der Waals surface area contributed by atoms with E-state index in [0.717, 1.165) is 24.5 Å². The normalized spacial score (nSPS) is 18.0. The van der Waals surface area contributed by atoms with E-state index in [9.17, 15) is 35.5 Å². The topological polar surface area (TPSA) is 97.2 Å². The number of carbonyl (C=O) groups excluding carboxylic acids is 1. The molecule has 3 rings (SSSR count). The zero-order valence-electron chi connectivity index (χ0n) is 18.6. The van der Waals surface area contributed by atoms with Crippen LogP contribution in [-0.2, 0) is 14.3 Å². The number of carbonyl (C=O) groups is 1. The maximum absolute atomic E-state index is 14.6. The smallest absolute Gasteiger partial charge is 0.432 e. The molecule has 1 aromatic heterocycles. The highest BCUT2D eigenvalue weighted by molar-refractivity contribution is 6.09. The molecule has 0 aliphatic carbocycles. The molecule has 1 aliphatic heterocycles. The minimum absolute atomic E-state index is 0.141. The van der Waals surface area contributed by atoms with E-state index < -0.39 is 71.5 Å². The zero-order chi connectivity index (χ0) is 26.7. The van der Waals surface area contributed by atoms with Crippen molar-refractivity contribution in [1.82, 2.24) is 9.97 Å². The molecule has 0 radical (unpaired) electrons. The minimum atomic E-state index is -5.08. The van der Waals surface area contributed by atoms with Gasteiger partial charge in [-0.15, -0.1) is 0 Å². The van der Waals surface area contributed by atoms with Gasteiger partial charge in [0.1, 0.15) is 42.1 Å². The van der Waals surface area contributed by atoms with Crippen molar-refractivity contribution in [3.05, 3.63) is 53.7 Å². The minimum Gasteiger partial charge on any atom is -0.488 e. The van der Waals surface area contributed by atoms with Gasteiger partial charge in [-0.3, -0.25) is 10.2 Å². The Labute approximate surface area is 199 Å². The molecule has 2 aromatic rings. The standard InChI is InChI=1S/C22H19F7N4O3/c1-2-35-15(8-16(30)22(27,28)29)20(34)33-19-17(12-7-11(23)3-4-13(12)24)31-10-32-18(19)14-5-6-21(25,26)9-36-14/h3-4,7-8,10,14,30H,2,5-6,9H2,1H3,(H,33,34)/b15-8-,30-16?. The van der Waals surface area contributed by atoms with Gasteiger partial charge in [0.15, 0.2) is 5.76 Å². The van der Waals surface area contributed by atoms with Crippen LogP contribution in [0.2, 0.25) is 0 Å². The van der Waals surface area contributed by atoms with E-state index in [1.807, 2.05) is 0 Å². The van der Waals surface area contributed by atoms with Crippen LogP contribution in [0.3, 0.4) is 0 Å². The summed E-state index contributed by atoms with van der Waals surface area (Å²) in [4.78, 5) is 20.7. The number of nitrogens with zero attached hydrogens (tertiary/aromatic N) is 2. The molecule has 1 atom stereocenters. The Morgan fingerprint density at radius 1 is 1.31 bits per heavy atom. The summed E-state index contributed by atoms with van der Waals surface area (Å²) in [5.41, 5.74) is -3.31. The Hall–Kier alpha value is -3.55. The number of allylic oxidation sites excluding steroid dienone is 1. The third kappa shape index (κ3) is 6.36. The van der Waals surface area contributed by atoms with Crippen molar-refractivity contribution in [3.8, 4) is 11.3 Å². The molecule has 1 unspecified atom stereocenters. The van der Waals surface area contributed by atoms with Crippen LogP contribution in [0.1, 0.15) is 31.6 Å². The van der Waals surface area contributed by atoms with Gasteiger partial charge in [0.25, 0.3) is 11.8 Å². The molecule has 1 amide bonds. The number of nitrogens with one attached hydrogen (secondary N) is 2. The van der Waals surface area contributed by atoms with Gasteiger partial charge in [0.2, 0.25) is 0 Å². The van der Waals surface area contributed by atoms with E-state index in [2.05, 4.69) is 15.3 Å². The van der Waals surface area contributed by atoms with E-state index in [-0.39, 0.29) is 30.5 Å². The lowest BCUT2D eigenvalue weighted by Crippen LogP contribution is -2.32. The predicted octanol–water partition coefficient (Wildman–Crippen LogP) is 5.35. The molecule has 14 heteroatoms. The molecule has 1 fully saturated rings. The molecule has 0 saturated carbocycles. The van der Waals surface area contributed by atoms with Gasteiger partial charge in [-0.25, -0.2) is 27.5 Å². The van der Waals surface area contributed by atoms with Crippen LogP contribution in [0.4, 0.5) is 36.4 Å². The second-order valence-electron chi connectivity index (χ2n) is 7.61. The van der Waals surface area contributed by atoms with Crippen LogP contribution in [0.15, 0.2) is 36.4 Å². The summed E-state index contributed by atoms with van der Waals surface area (Å²) >= 11 is 0. The van der Waals surface area contributed by atoms with Crippen molar-refractivity contribution in [3.63, 3.8) is 0 Å². The van der Waals surface area contributed by atoms with E-state index in [1.165, 1.54) is 6.92 Å². The maximum atomic E-state index is 14.6. The fourth-order valence-electron chi connectivity index (χ4n) is 3.30. The lowest BCUT2D eigenvalue weighted by Gasteiger charge is -2.29. The molecule has 1 aliphatic rings. The van der Waals surface area contributed by atoms with E-state index in [0.29, 0.717) is 0 Å². The largest absolute Gasteiger partial charge is 0.488 e. The summed E-state index contributed by atoms with van der Waals surface area (Å²) < 4.78 is 104. The van der Waals surface area contributed by atoms with Gasteiger partial charge in [0.05, 0.1) is 18.0 Å². The summed E-state index contributed by atoms with van der Waals surface area (Å²) in [6.45, 7) is 0.138. The van der Waals surface area contributed by atoms with Crippen molar-refractivity contribution in [2.24, 2.45) is 0 Å². The predicted molar refractivity (Wildman–Crippen MR) is 112 cm³/mol. The van der Waals surface area contributed by atoms with Gasteiger partial charge in [-0.1, -0.05) is 0 Å². The molecule has 0 spiro atoms. The first-order valence-electron chi connectivity index (χ1n) is 10.4.